The Morgan fingerprint density at radius 3 is 2.57 bits per heavy atom. The molecule has 0 spiro atoms. The number of rotatable bonds is 6. The summed E-state index contributed by atoms with van der Waals surface area (Å²) in [7, 11) is 0. The van der Waals surface area contributed by atoms with Crippen molar-refractivity contribution in [2.75, 3.05) is 12.3 Å². The first kappa shape index (κ1) is 12.3. The van der Waals surface area contributed by atoms with Crippen LogP contribution in [0.4, 0.5) is 0 Å². The van der Waals surface area contributed by atoms with Gasteiger partial charge in [0.25, 0.3) is 0 Å². The van der Waals surface area contributed by atoms with Crippen molar-refractivity contribution in [1.82, 2.24) is 5.32 Å². The Hall–Kier alpha value is 0.270. The van der Waals surface area contributed by atoms with Crippen LogP contribution in [0.5, 0.6) is 0 Å². The van der Waals surface area contributed by atoms with Crippen LogP contribution in [-0.4, -0.2) is 22.4 Å². The monoisotopic (exact) mass is 217 g/mol. The van der Waals surface area contributed by atoms with E-state index in [1.165, 1.54) is 38.5 Å². The molecule has 1 aliphatic rings. The summed E-state index contributed by atoms with van der Waals surface area (Å²) >= 11 is 0.955. The summed E-state index contributed by atoms with van der Waals surface area (Å²) in [5.74, 6) is 0.854. The van der Waals surface area contributed by atoms with Gasteiger partial charge in [0.05, 0.1) is 0 Å². The van der Waals surface area contributed by atoms with Crippen LogP contribution < -0.4 is 5.32 Å². The lowest BCUT2D eigenvalue weighted by Crippen LogP contribution is -2.46. The fraction of sp³-hybridized carbons (Fsp3) is 1.00. The zero-order valence-electron chi connectivity index (χ0n) is 9.22. The third kappa shape index (κ3) is 3.79. The van der Waals surface area contributed by atoms with Crippen molar-refractivity contribution in [3.63, 3.8) is 0 Å². The van der Waals surface area contributed by atoms with Gasteiger partial charge in [-0.2, -0.15) is 0 Å². The van der Waals surface area contributed by atoms with E-state index >= 15 is 0 Å². The highest BCUT2D eigenvalue weighted by molar-refractivity contribution is 7.93. The second-order valence-corrected chi connectivity index (χ2v) is 4.97. The number of nitrogens with one attached hydrogen (secondary N) is 1. The van der Waals surface area contributed by atoms with Crippen molar-refractivity contribution in [3.05, 3.63) is 0 Å². The van der Waals surface area contributed by atoms with Gasteiger partial charge in [0.2, 0.25) is 0 Å². The molecule has 0 saturated heterocycles. The zero-order chi connectivity index (χ0) is 10.3. The minimum absolute atomic E-state index is 0.429. The van der Waals surface area contributed by atoms with E-state index in [0.29, 0.717) is 5.54 Å². The lowest BCUT2D eigenvalue weighted by molar-refractivity contribution is 0.224. The van der Waals surface area contributed by atoms with Crippen LogP contribution in [0.1, 0.15) is 51.9 Å². The molecule has 2 nitrogen and oxygen atoms in total. The van der Waals surface area contributed by atoms with Gasteiger partial charge in [0, 0.05) is 11.3 Å². The topological polar surface area (TPSA) is 32.3 Å². The Labute approximate surface area is 92.1 Å². The smallest absolute Gasteiger partial charge is 0.0207 e. The SMILES string of the molecule is CCC1(NCCCSO)CCCCC1. The normalized spacial score (nSPS) is 21.0. The van der Waals surface area contributed by atoms with Crippen LogP contribution in [0.15, 0.2) is 0 Å². The van der Waals surface area contributed by atoms with Gasteiger partial charge in [0.1, 0.15) is 0 Å². The highest BCUT2D eigenvalue weighted by Gasteiger charge is 2.28. The predicted octanol–water partition coefficient (Wildman–Crippen LogP) is 3.29. The van der Waals surface area contributed by atoms with Crippen LogP contribution in [-0.2, 0) is 0 Å². The molecule has 0 radical (unpaired) electrons. The van der Waals surface area contributed by atoms with Gasteiger partial charge in [-0.15, -0.1) is 0 Å². The van der Waals surface area contributed by atoms with Crippen molar-refractivity contribution >= 4 is 12.0 Å². The Bertz CT molecular complexity index is 146. The Morgan fingerprint density at radius 2 is 2.00 bits per heavy atom. The second kappa shape index (κ2) is 6.70. The number of hydrogen-bond donors (Lipinski definition) is 2. The fourth-order valence-corrected chi connectivity index (χ4v) is 2.65. The van der Waals surface area contributed by atoms with E-state index in [1.54, 1.807) is 0 Å². The molecular formula is C11H23NOS. The first-order valence-corrected chi connectivity index (χ1v) is 6.79. The molecule has 1 aliphatic carbocycles. The summed E-state index contributed by atoms with van der Waals surface area (Å²) in [6, 6.07) is 0. The minimum atomic E-state index is 0.429. The molecule has 14 heavy (non-hydrogen) atoms. The van der Waals surface area contributed by atoms with Crippen molar-refractivity contribution in [2.24, 2.45) is 0 Å². The van der Waals surface area contributed by atoms with Gasteiger partial charge in [-0.1, -0.05) is 26.2 Å². The predicted molar refractivity (Wildman–Crippen MR) is 63.8 cm³/mol. The Balaban J connectivity index is 2.22. The quantitative estimate of drug-likeness (QED) is 0.529. The van der Waals surface area contributed by atoms with E-state index in [0.717, 1.165) is 30.8 Å². The summed E-state index contributed by atoms with van der Waals surface area (Å²) in [5, 5.41) is 3.70. The molecule has 0 aromatic carbocycles. The molecular weight excluding hydrogens is 194 g/mol. The first-order chi connectivity index (χ1) is 6.83. The standard InChI is InChI=1S/C11H23NOS/c1-2-11(7-4-3-5-8-11)12-9-6-10-14-13/h12-13H,2-10H2,1H3. The fourth-order valence-electron chi connectivity index (χ4n) is 2.37. The van der Waals surface area contributed by atoms with Gasteiger partial charge in [-0.25, -0.2) is 0 Å². The van der Waals surface area contributed by atoms with E-state index in [4.69, 9.17) is 4.55 Å². The average molecular weight is 217 g/mol. The maximum atomic E-state index is 8.61. The summed E-state index contributed by atoms with van der Waals surface area (Å²) in [5.41, 5.74) is 0.429. The maximum absolute atomic E-state index is 8.61. The lowest BCUT2D eigenvalue weighted by Gasteiger charge is -2.37. The summed E-state index contributed by atoms with van der Waals surface area (Å²) in [6.07, 6.45) is 9.19. The molecule has 0 atom stereocenters. The molecule has 1 rings (SSSR count). The molecule has 84 valence electrons. The molecule has 0 amide bonds. The Kier molecular flexibility index (Phi) is 5.90. The molecule has 0 heterocycles. The van der Waals surface area contributed by atoms with Gasteiger partial charge in [-0.05, 0) is 44.3 Å². The van der Waals surface area contributed by atoms with Crippen LogP contribution in [0.3, 0.4) is 0 Å². The largest absolute Gasteiger partial charge is 0.330 e. The number of hydrogen-bond acceptors (Lipinski definition) is 3. The summed E-state index contributed by atoms with van der Waals surface area (Å²) in [6.45, 7) is 3.35. The van der Waals surface area contributed by atoms with Crippen molar-refractivity contribution in [3.8, 4) is 0 Å². The molecule has 2 N–H and O–H groups in total. The molecule has 1 fully saturated rings. The molecule has 0 aromatic rings. The third-order valence-corrected chi connectivity index (χ3v) is 3.87. The molecule has 1 saturated carbocycles. The van der Waals surface area contributed by atoms with Crippen molar-refractivity contribution < 1.29 is 4.55 Å². The molecule has 0 aliphatic heterocycles. The molecule has 3 heteroatoms. The van der Waals surface area contributed by atoms with Crippen molar-refractivity contribution in [1.29, 1.82) is 0 Å². The first-order valence-electron chi connectivity index (χ1n) is 5.84. The second-order valence-electron chi connectivity index (χ2n) is 4.31. The van der Waals surface area contributed by atoms with Gasteiger partial charge in [-0.3, -0.25) is 0 Å². The van der Waals surface area contributed by atoms with Gasteiger partial charge in [0.15, 0.2) is 0 Å². The van der Waals surface area contributed by atoms with Crippen LogP contribution in [0.2, 0.25) is 0 Å². The van der Waals surface area contributed by atoms with Crippen LogP contribution in [0, 0.1) is 0 Å². The summed E-state index contributed by atoms with van der Waals surface area (Å²) < 4.78 is 8.61. The molecule has 0 aromatic heterocycles. The summed E-state index contributed by atoms with van der Waals surface area (Å²) in [4.78, 5) is 0. The molecule has 0 bridgehead atoms. The highest BCUT2D eigenvalue weighted by Crippen LogP contribution is 2.30. The third-order valence-electron chi connectivity index (χ3n) is 3.40. The maximum Gasteiger partial charge on any atom is 0.0207 e. The highest BCUT2D eigenvalue weighted by atomic mass is 32.2. The van der Waals surface area contributed by atoms with E-state index < -0.39 is 0 Å². The Morgan fingerprint density at radius 1 is 1.29 bits per heavy atom. The van der Waals surface area contributed by atoms with E-state index in [1.807, 2.05) is 0 Å². The van der Waals surface area contributed by atoms with Crippen LogP contribution in [0.25, 0.3) is 0 Å². The van der Waals surface area contributed by atoms with E-state index in [-0.39, 0.29) is 0 Å². The lowest BCUT2D eigenvalue weighted by atomic mass is 9.80. The van der Waals surface area contributed by atoms with E-state index in [2.05, 4.69) is 12.2 Å². The van der Waals surface area contributed by atoms with Crippen molar-refractivity contribution in [2.45, 2.75) is 57.4 Å². The van der Waals surface area contributed by atoms with E-state index in [9.17, 15) is 0 Å². The minimum Gasteiger partial charge on any atom is -0.330 e. The molecule has 0 unspecified atom stereocenters. The van der Waals surface area contributed by atoms with Gasteiger partial charge >= 0.3 is 0 Å². The average Bonchev–Trinajstić information content (AvgIpc) is 2.26. The van der Waals surface area contributed by atoms with Gasteiger partial charge < -0.3 is 9.87 Å². The zero-order valence-corrected chi connectivity index (χ0v) is 10.0. The van der Waals surface area contributed by atoms with Crippen LogP contribution >= 0.6 is 12.0 Å².